The number of rotatable bonds is 4. The molecular weight excluding hydrogens is 480 g/mol. The zero-order valence-electron chi connectivity index (χ0n) is 20.5. The molecule has 1 spiro atoms. The number of nitrogens with zero attached hydrogens (tertiary/aromatic N) is 1. The van der Waals surface area contributed by atoms with Gasteiger partial charge in [0.05, 0.1) is 17.5 Å². The van der Waals surface area contributed by atoms with E-state index in [1.807, 2.05) is 54.7 Å². The Kier molecular flexibility index (Phi) is 4.74. The Morgan fingerprint density at radius 2 is 1.66 bits per heavy atom. The minimum absolute atomic E-state index is 0.103. The van der Waals surface area contributed by atoms with Gasteiger partial charge in [0.25, 0.3) is 0 Å². The van der Waals surface area contributed by atoms with Gasteiger partial charge in [-0.3, -0.25) is 24.5 Å². The molecule has 0 unspecified atom stereocenters. The van der Waals surface area contributed by atoms with Crippen molar-refractivity contribution in [3.05, 3.63) is 95.7 Å². The van der Waals surface area contributed by atoms with Crippen LogP contribution in [0.1, 0.15) is 28.4 Å². The van der Waals surface area contributed by atoms with Gasteiger partial charge in [-0.15, -0.1) is 0 Å². The summed E-state index contributed by atoms with van der Waals surface area (Å²) in [6.07, 6.45) is 2.38. The second kappa shape index (κ2) is 7.97. The van der Waals surface area contributed by atoms with E-state index < -0.39 is 29.3 Å². The molecule has 7 rings (SSSR count). The summed E-state index contributed by atoms with van der Waals surface area (Å²) in [5.41, 5.74) is 2.83. The van der Waals surface area contributed by atoms with Crippen LogP contribution in [0, 0.1) is 11.8 Å². The predicted molar refractivity (Wildman–Crippen MR) is 142 cm³/mol. The molecule has 0 aliphatic carbocycles. The number of amides is 3. The summed E-state index contributed by atoms with van der Waals surface area (Å²) >= 11 is 0. The first-order valence-electron chi connectivity index (χ1n) is 12.6. The minimum atomic E-state index is -1.36. The predicted octanol–water partition coefficient (Wildman–Crippen LogP) is 3.54. The lowest BCUT2D eigenvalue weighted by Gasteiger charge is -2.29. The zero-order chi connectivity index (χ0) is 26.2. The number of ketones is 1. The van der Waals surface area contributed by atoms with Crippen LogP contribution in [0.2, 0.25) is 0 Å². The SMILES string of the molecule is CC(=O)c1ccc(N2C(=O)[C@@H]3[C@@H](C2=O)[C@@]2(N[C@@H]3Cc3c[nH]c4ccccc34)C(=O)Nc3ccccc32)cc1. The molecule has 3 amide bonds. The van der Waals surface area contributed by atoms with Gasteiger partial charge in [-0.05, 0) is 55.3 Å². The van der Waals surface area contributed by atoms with Crippen molar-refractivity contribution in [1.29, 1.82) is 0 Å². The van der Waals surface area contributed by atoms with E-state index >= 15 is 0 Å². The smallest absolute Gasteiger partial charge is 0.250 e. The average molecular weight is 505 g/mol. The van der Waals surface area contributed by atoms with Crippen molar-refractivity contribution < 1.29 is 19.2 Å². The van der Waals surface area contributed by atoms with Crippen LogP contribution in [-0.4, -0.2) is 34.5 Å². The first-order chi connectivity index (χ1) is 18.4. The maximum atomic E-state index is 14.1. The molecule has 2 saturated heterocycles. The number of carbonyl (C=O) groups is 4. The maximum Gasteiger partial charge on any atom is 0.250 e. The molecule has 3 N–H and O–H groups in total. The van der Waals surface area contributed by atoms with Gasteiger partial charge >= 0.3 is 0 Å². The van der Waals surface area contributed by atoms with E-state index in [2.05, 4.69) is 15.6 Å². The van der Waals surface area contributed by atoms with E-state index in [9.17, 15) is 19.2 Å². The van der Waals surface area contributed by atoms with Crippen molar-refractivity contribution in [3.8, 4) is 0 Å². The largest absolute Gasteiger partial charge is 0.361 e. The lowest BCUT2D eigenvalue weighted by atomic mass is 9.76. The summed E-state index contributed by atoms with van der Waals surface area (Å²) in [5, 5.41) is 7.47. The van der Waals surface area contributed by atoms with Crippen LogP contribution >= 0.6 is 0 Å². The number of H-pyrrole nitrogens is 1. The first kappa shape index (κ1) is 22.6. The van der Waals surface area contributed by atoms with Crippen molar-refractivity contribution in [2.24, 2.45) is 11.8 Å². The highest BCUT2D eigenvalue weighted by atomic mass is 16.2. The van der Waals surface area contributed by atoms with E-state index in [1.54, 1.807) is 24.3 Å². The fourth-order valence-electron chi connectivity index (χ4n) is 6.57. The third-order valence-electron chi connectivity index (χ3n) is 8.27. The molecule has 3 aromatic carbocycles. The molecule has 2 fully saturated rings. The minimum Gasteiger partial charge on any atom is -0.361 e. The Balaban J connectivity index is 1.35. The van der Waals surface area contributed by atoms with Crippen LogP contribution < -0.4 is 15.5 Å². The van der Waals surface area contributed by atoms with Gasteiger partial charge in [-0.1, -0.05) is 36.4 Å². The molecule has 1 aromatic heterocycles. The number of hydrogen-bond donors (Lipinski definition) is 3. The van der Waals surface area contributed by atoms with E-state index in [4.69, 9.17) is 0 Å². The first-order valence-corrected chi connectivity index (χ1v) is 12.6. The second-order valence-corrected chi connectivity index (χ2v) is 10.2. The number of aromatic nitrogens is 1. The monoisotopic (exact) mass is 504 g/mol. The molecule has 3 aliphatic heterocycles. The lowest BCUT2D eigenvalue weighted by molar-refractivity contribution is -0.130. The third kappa shape index (κ3) is 2.95. The highest BCUT2D eigenvalue weighted by Gasteiger charge is 2.70. The Morgan fingerprint density at radius 3 is 2.45 bits per heavy atom. The molecule has 0 saturated carbocycles. The van der Waals surface area contributed by atoms with Gasteiger partial charge in [0, 0.05) is 40.0 Å². The van der Waals surface area contributed by atoms with Gasteiger partial charge in [0.1, 0.15) is 5.54 Å². The van der Waals surface area contributed by atoms with E-state index in [0.717, 1.165) is 16.5 Å². The molecule has 3 aliphatic rings. The van der Waals surface area contributed by atoms with Crippen LogP contribution in [0.5, 0.6) is 0 Å². The van der Waals surface area contributed by atoms with Crippen LogP contribution in [0.25, 0.3) is 10.9 Å². The molecule has 4 aromatic rings. The van der Waals surface area contributed by atoms with Crippen LogP contribution in [-0.2, 0) is 26.3 Å². The number of benzene rings is 3. The average Bonchev–Trinajstić information content (AvgIpc) is 3.63. The van der Waals surface area contributed by atoms with E-state index in [-0.39, 0.29) is 17.6 Å². The Bertz CT molecular complexity index is 1670. The standard InChI is InChI=1S/C30H24N4O4/c1-16(35)17-10-12-19(13-11-17)34-27(36)25-24(14-18-15-31-22-8-4-2-6-20(18)22)33-30(26(25)28(34)37)21-7-3-5-9-23(21)32-29(30)38/h2-13,15,24-26,31,33H,14H2,1H3,(H,32,38)/t24-,25+,26+,30-/m1/s1. The summed E-state index contributed by atoms with van der Waals surface area (Å²) in [5.74, 6) is -2.86. The van der Waals surface area contributed by atoms with Gasteiger partial charge in [-0.2, -0.15) is 0 Å². The molecule has 8 heteroatoms. The Morgan fingerprint density at radius 1 is 0.921 bits per heavy atom. The molecule has 188 valence electrons. The third-order valence-corrected chi connectivity index (χ3v) is 8.27. The summed E-state index contributed by atoms with van der Waals surface area (Å²) < 4.78 is 0. The second-order valence-electron chi connectivity index (χ2n) is 10.2. The van der Waals surface area contributed by atoms with Crippen LogP contribution in [0.4, 0.5) is 11.4 Å². The maximum absolute atomic E-state index is 14.1. The number of aromatic amines is 1. The number of fused-ring (bicyclic) bond motifs is 5. The molecule has 4 heterocycles. The topological polar surface area (TPSA) is 111 Å². The van der Waals surface area contributed by atoms with Crippen LogP contribution in [0.15, 0.2) is 79.0 Å². The van der Waals surface area contributed by atoms with Crippen molar-refractivity contribution in [1.82, 2.24) is 10.3 Å². The number of imide groups is 1. The van der Waals surface area contributed by atoms with E-state index in [0.29, 0.717) is 28.9 Å². The summed E-state index contributed by atoms with van der Waals surface area (Å²) in [6.45, 7) is 1.46. The fourth-order valence-corrected chi connectivity index (χ4v) is 6.57. The van der Waals surface area contributed by atoms with Crippen molar-refractivity contribution >= 4 is 45.8 Å². The Labute approximate surface area is 218 Å². The molecular formula is C30H24N4O4. The molecule has 0 bridgehead atoms. The zero-order valence-corrected chi connectivity index (χ0v) is 20.5. The normalized spacial score (nSPS) is 25.8. The Hall–Kier alpha value is -4.56. The summed E-state index contributed by atoms with van der Waals surface area (Å²) in [6, 6.07) is 21.2. The quantitative estimate of drug-likeness (QED) is 0.291. The lowest BCUT2D eigenvalue weighted by Crippen LogP contribution is -2.53. The molecule has 38 heavy (non-hydrogen) atoms. The number of hydrogen-bond acceptors (Lipinski definition) is 5. The highest BCUT2D eigenvalue weighted by molar-refractivity contribution is 6.26. The highest BCUT2D eigenvalue weighted by Crippen LogP contribution is 2.54. The molecule has 8 nitrogen and oxygen atoms in total. The molecule has 4 atom stereocenters. The number of para-hydroxylation sites is 2. The number of nitrogens with one attached hydrogen (secondary N) is 3. The summed E-state index contributed by atoms with van der Waals surface area (Å²) in [4.78, 5) is 58.1. The fraction of sp³-hybridized carbons (Fsp3) is 0.200. The number of Topliss-reactive ketones (excluding diaryl/α,β-unsaturated/α-hetero) is 1. The van der Waals surface area contributed by atoms with Gasteiger partial charge in [0.15, 0.2) is 5.78 Å². The van der Waals surface area contributed by atoms with Gasteiger partial charge in [0.2, 0.25) is 17.7 Å². The van der Waals surface area contributed by atoms with Gasteiger partial charge < -0.3 is 10.3 Å². The molecule has 0 radical (unpaired) electrons. The van der Waals surface area contributed by atoms with Crippen molar-refractivity contribution in [2.75, 3.05) is 10.2 Å². The summed E-state index contributed by atoms with van der Waals surface area (Å²) in [7, 11) is 0. The van der Waals surface area contributed by atoms with Crippen molar-refractivity contribution in [3.63, 3.8) is 0 Å². The van der Waals surface area contributed by atoms with E-state index in [1.165, 1.54) is 11.8 Å². The number of anilines is 2. The number of carbonyl (C=O) groups excluding carboxylic acids is 4. The van der Waals surface area contributed by atoms with Crippen molar-refractivity contribution in [2.45, 2.75) is 24.9 Å². The van der Waals surface area contributed by atoms with Crippen LogP contribution in [0.3, 0.4) is 0 Å². The van der Waals surface area contributed by atoms with Gasteiger partial charge in [-0.25, -0.2) is 4.90 Å².